The van der Waals surface area contributed by atoms with Gasteiger partial charge in [0.2, 0.25) is 0 Å². The topological polar surface area (TPSA) is 68.0 Å². The van der Waals surface area contributed by atoms with Gasteiger partial charge in [0.25, 0.3) is 5.56 Å². The molecule has 0 aliphatic rings. The van der Waals surface area contributed by atoms with Crippen LogP contribution >= 0.6 is 27.5 Å². The van der Waals surface area contributed by atoms with Crippen molar-refractivity contribution in [2.24, 2.45) is 0 Å². The summed E-state index contributed by atoms with van der Waals surface area (Å²) in [5.41, 5.74) is 0.690. The summed E-state index contributed by atoms with van der Waals surface area (Å²) < 4.78 is 33.8. The van der Waals surface area contributed by atoms with Gasteiger partial charge in [0.05, 0.1) is 10.8 Å². The number of nitrogens with one attached hydrogen (secondary N) is 1. The lowest BCUT2D eigenvalue weighted by Gasteiger charge is -2.16. The number of halogens is 4. The van der Waals surface area contributed by atoms with Crippen molar-refractivity contribution < 1.29 is 13.5 Å². The number of allylic oxidation sites excluding steroid dienone is 2. The summed E-state index contributed by atoms with van der Waals surface area (Å²) in [7, 11) is 0. The van der Waals surface area contributed by atoms with E-state index in [9.17, 15) is 13.6 Å². The zero-order valence-electron chi connectivity index (χ0n) is 14.7. The highest BCUT2D eigenvalue weighted by atomic mass is 79.9. The lowest BCUT2D eigenvalue weighted by Crippen LogP contribution is -2.23. The van der Waals surface area contributed by atoms with Gasteiger partial charge in [-0.05, 0) is 29.3 Å². The normalized spacial score (nSPS) is 11.6. The number of hydrogen-bond donors (Lipinski definition) is 1. The van der Waals surface area contributed by atoms with E-state index in [2.05, 4.69) is 20.9 Å². The van der Waals surface area contributed by atoms with Gasteiger partial charge < -0.3 is 4.74 Å². The van der Waals surface area contributed by atoms with Crippen molar-refractivity contribution >= 4 is 37.8 Å². The van der Waals surface area contributed by atoms with Crippen LogP contribution in [0.5, 0.6) is 5.75 Å². The molecular formula is C18H17BrClF2N3O2. The third-order valence-corrected chi connectivity index (χ3v) is 4.39. The van der Waals surface area contributed by atoms with E-state index in [1.807, 2.05) is 6.92 Å². The molecule has 2 rings (SSSR count). The van der Waals surface area contributed by atoms with Gasteiger partial charge in [-0.25, -0.2) is 8.78 Å². The van der Waals surface area contributed by atoms with Crippen LogP contribution in [0.25, 0.3) is 5.70 Å². The van der Waals surface area contributed by atoms with Gasteiger partial charge in [0.15, 0.2) is 5.82 Å². The molecule has 2 heterocycles. The van der Waals surface area contributed by atoms with Crippen molar-refractivity contribution in [2.45, 2.75) is 33.3 Å². The van der Waals surface area contributed by atoms with Gasteiger partial charge >= 0.3 is 0 Å². The van der Waals surface area contributed by atoms with Crippen LogP contribution in [0.1, 0.15) is 31.2 Å². The molecule has 0 fully saturated rings. The largest absolute Gasteiger partial charge is 0.485 e. The van der Waals surface area contributed by atoms with Gasteiger partial charge in [-0.1, -0.05) is 24.6 Å². The quantitative estimate of drug-likeness (QED) is 0.586. The molecule has 0 aromatic carbocycles. The van der Waals surface area contributed by atoms with E-state index in [1.165, 1.54) is 4.57 Å². The zero-order valence-corrected chi connectivity index (χ0v) is 17.0. The predicted octanol–water partition coefficient (Wildman–Crippen LogP) is 5.08. The maximum absolute atomic E-state index is 13.7. The van der Waals surface area contributed by atoms with E-state index in [0.717, 1.165) is 6.20 Å². The summed E-state index contributed by atoms with van der Waals surface area (Å²) in [5.74, 6) is -1.54. The van der Waals surface area contributed by atoms with Gasteiger partial charge in [-0.2, -0.15) is 0 Å². The number of aromatic nitrogens is 2. The van der Waals surface area contributed by atoms with Crippen molar-refractivity contribution in [3.63, 3.8) is 0 Å². The summed E-state index contributed by atoms with van der Waals surface area (Å²) in [6.45, 7) is 3.30. The Hall–Kier alpha value is -2.06. The zero-order chi connectivity index (χ0) is 20.1. The second-order valence-corrected chi connectivity index (χ2v) is 6.97. The van der Waals surface area contributed by atoms with E-state index < -0.39 is 17.2 Å². The van der Waals surface area contributed by atoms with Crippen LogP contribution in [-0.2, 0) is 6.61 Å². The Bertz CT molecular complexity index is 960. The summed E-state index contributed by atoms with van der Waals surface area (Å²) in [5, 5.41) is 7.30. The smallest absolute Gasteiger partial charge is 0.277 e. The number of ether oxygens (including phenoxy) is 1. The Morgan fingerprint density at radius 1 is 1.44 bits per heavy atom. The van der Waals surface area contributed by atoms with Crippen LogP contribution < -0.4 is 10.3 Å². The maximum atomic E-state index is 13.7. The predicted molar refractivity (Wildman–Crippen MR) is 105 cm³/mol. The summed E-state index contributed by atoms with van der Waals surface area (Å²) in [6, 6.07) is 2.27. The molecule has 0 aliphatic heterocycles. The van der Waals surface area contributed by atoms with Gasteiger partial charge in [0, 0.05) is 29.9 Å². The second kappa shape index (κ2) is 9.23. The Balaban J connectivity index is 2.34. The van der Waals surface area contributed by atoms with Crippen molar-refractivity contribution in [3.05, 3.63) is 62.8 Å². The fourth-order valence-electron chi connectivity index (χ4n) is 2.44. The molecule has 2 aromatic rings. The molecule has 0 radical (unpaired) electrons. The van der Waals surface area contributed by atoms with Crippen molar-refractivity contribution in [1.82, 2.24) is 9.55 Å². The number of rotatable bonds is 7. The van der Waals surface area contributed by atoms with Crippen LogP contribution in [0.15, 0.2) is 29.2 Å². The van der Waals surface area contributed by atoms with Crippen molar-refractivity contribution in [1.29, 1.82) is 5.41 Å². The van der Waals surface area contributed by atoms with Crippen LogP contribution in [0, 0.1) is 24.0 Å². The minimum Gasteiger partial charge on any atom is -0.485 e. The Kier molecular flexibility index (Phi) is 7.26. The molecule has 0 amide bonds. The van der Waals surface area contributed by atoms with Gasteiger partial charge in [-0.3, -0.25) is 19.8 Å². The number of pyridine rings is 2. The average molecular weight is 461 g/mol. The highest BCUT2D eigenvalue weighted by Gasteiger charge is 2.16. The molecule has 2 aromatic heterocycles. The molecule has 0 saturated carbocycles. The van der Waals surface area contributed by atoms with E-state index in [-0.39, 0.29) is 23.1 Å². The molecule has 0 aliphatic carbocycles. The third kappa shape index (κ3) is 5.23. The first-order valence-corrected chi connectivity index (χ1v) is 9.18. The standard InChI is InChI=1S/C18H17BrClF2N3O2/c1-3-12(4-5-16(19)23)25-10(2)6-15(17(20)18(25)26)27-9-14-13(22)7-11(21)8-24-14/h4,6-8,23H,3,5,9H2,1-2H3/b12-4+,23-16?. The minimum atomic E-state index is -0.843. The molecule has 0 atom stereocenters. The van der Waals surface area contributed by atoms with Crippen LogP contribution in [0.4, 0.5) is 8.78 Å². The average Bonchev–Trinajstić information content (AvgIpc) is 2.60. The highest BCUT2D eigenvalue weighted by Crippen LogP contribution is 2.25. The van der Waals surface area contributed by atoms with Crippen LogP contribution in [-0.4, -0.2) is 14.2 Å². The molecule has 0 saturated heterocycles. The fourth-order valence-corrected chi connectivity index (χ4v) is 2.80. The van der Waals surface area contributed by atoms with E-state index in [0.29, 0.717) is 34.9 Å². The van der Waals surface area contributed by atoms with Crippen LogP contribution in [0.3, 0.4) is 0 Å². The molecule has 9 heteroatoms. The van der Waals surface area contributed by atoms with E-state index in [4.69, 9.17) is 21.7 Å². The molecular weight excluding hydrogens is 444 g/mol. The van der Waals surface area contributed by atoms with E-state index >= 15 is 0 Å². The lowest BCUT2D eigenvalue weighted by atomic mass is 10.2. The van der Waals surface area contributed by atoms with Gasteiger partial charge in [-0.15, -0.1) is 0 Å². The first-order valence-electron chi connectivity index (χ1n) is 8.01. The molecule has 1 N–H and O–H groups in total. The summed E-state index contributed by atoms with van der Waals surface area (Å²) >= 11 is 9.22. The highest BCUT2D eigenvalue weighted by molar-refractivity contribution is 9.18. The lowest BCUT2D eigenvalue weighted by molar-refractivity contribution is 0.292. The number of aryl methyl sites for hydroxylation is 1. The van der Waals surface area contributed by atoms with Crippen LogP contribution in [0.2, 0.25) is 5.02 Å². The van der Waals surface area contributed by atoms with Crippen molar-refractivity contribution in [3.8, 4) is 5.75 Å². The first-order chi connectivity index (χ1) is 12.7. The fraction of sp³-hybridized carbons (Fsp3) is 0.278. The summed E-state index contributed by atoms with van der Waals surface area (Å²) in [6.07, 6.45) is 3.55. The molecule has 0 unspecified atom stereocenters. The number of nitrogens with zero attached hydrogens (tertiary/aromatic N) is 2. The summed E-state index contributed by atoms with van der Waals surface area (Å²) in [4.78, 5) is 16.3. The third-order valence-electron chi connectivity index (χ3n) is 3.71. The molecule has 27 heavy (non-hydrogen) atoms. The molecule has 0 bridgehead atoms. The minimum absolute atomic E-state index is 0.0876. The molecule has 144 valence electrons. The molecule has 5 nitrogen and oxygen atoms in total. The second-order valence-electron chi connectivity index (χ2n) is 5.63. The van der Waals surface area contributed by atoms with Gasteiger partial charge in [0.1, 0.15) is 28.9 Å². The maximum Gasteiger partial charge on any atom is 0.277 e. The Morgan fingerprint density at radius 3 is 2.74 bits per heavy atom. The SMILES string of the molecule is CC/C(=C\CC(=N)Br)n1c(C)cc(OCc2ncc(F)cc2F)c(Cl)c1=O. The Labute approximate surface area is 168 Å². The number of hydrogen-bond acceptors (Lipinski definition) is 4. The van der Waals surface area contributed by atoms with Crippen molar-refractivity contribution in [2.75, 3.05) is 0 Å². The monoisotopic (exact) mass is 459 g/mol. The Morgan fingerprint density at radius 2 is 2.15 bits per heavy atom. The molecule has 0 spiro atoms. The van der Waals surface area contributed by atoms with E-state index in [1.54, 1.807) is 19.1 Å². The first kappa shape index (κ1) is 21.2.